The van der Waals surface area contributed by atoms with E-state index in [1.54, 1.807) is 6.08 Å². The van der Waals surface area contributed by atoms with Gasteiger partial charge in [0.2, 0.25) is 0 Å². The Bertz CT molecular complexity index is 229. The Morgan fingerprint density at radius 3 is 2.69 bits per heavy atom. The molecule has 3 nitrogen and oxygen atoms in total. The molecule has 0 bridgehead atoms. The molecule has 0 aliphatic heterocycles. The number of hydrogen-bond donors (Lipinski definition) is 2. The number of carbonyl (C=O) groups is 1. The van der Waals surface area contributed by atoms with Crippen LogP contribution in [-0.2, 0) is 4.79 Å². The van der Waals surface area contributed by atoms with Gasteiger partial charge in [-0.1, -0.05) is 19.9 Å². The first-order chi connectivity index (χ1) is 7.61. The van der Waals surface area contributed by atoms with Crippen molar-refractivity contribution in [1.29, 1.82) is 0 Å². The van der Waals surface area contributed by atoms with Crippen LogP contribution in [0.2, 0.25) is 0 Å². The predicted molar refractivity (Wildman–Crippen MR) is 71.1 cm³/mol. The van der Waals surface area contributed by atoms with Gasteiger partial charge in [0.15, 0.2) is 0 Å². The Balaban J connectivity index is 3.74. The van der Waals surface area contributed by atoms with Crippen LogP contribution in [0.4, 0.5) is 0 Å². The Labute approximate surface area is 103 Å². The summed E-state index contributed by atoms with van der Waals surface area (Å²) in [5, 5.41) is 12.1. The molecular weight excluding hydrogens is 222 g/mol. The van der Waals surface area contributed by atoms with Crippen molar-refractivity contribution in [3.63, 3.8) is 0 Å². The van der Waals surface area contributed by atoms with Crippen LogP contribution in [0.3, 0.4) is 0 Å². The van der Waals surface area contributed by atoms with Crippen LogP contribution in [0, 0.1) is 0 Å². The van der Waals surface area contributed by atoms with Crippen molar-refractivity contribution in [2.45, 2.75) is 39.7 Å². The highest BCUT2D eigenvalue weighted by atomic mass is 32.2. The lowest BCUT2D eigenvalue weighted by atomic mass is 10.2. The molecule has 0 amide bonds. The normalized spacial score (nSPS) is 13.8. The standard InChI is InChI=1S/C12H23NO2S/c1-4-11(12(14)15)6-8-13-10(3)7-9-16-5-2/h6,10,13H,4-5,7-9H2,1-3H3,(H,14,15)/b11-6-. The Morgan fingerprint density at radius 2 is 2.19 bits per heavy atom. The minimum atomic E-state index is -0.807. The quantitative estimate of drug-likeness (QED) is 0.484. The lowest BCUT2D eigenvalue weighted by Gasteiger charge is -2.11. The average Bonchev–Trinajstić information content (AvgIpc) is 2.24. The Morgan fingerprint density at radius 1 is 1.50 bits per heavy atom. The molecule has 2 N–H and O–H groups in total. The topological polar surface area (TPSA) is 49.3 Å². The maximum Gasteiger partial charge on any atom is 0.331 e. The highest BCUT2D eigenvalue weighted by molar-refractivity contribution is 7.99. The van der Waals surface area contributed by atoms with Crippen LogP contribution in [0.15, 0.2) is 11.6 Å². The van der Waals surface area contributed by atoms with E-state index < -0.39 is 5.97 Å². The molecule has 94 valence electrons. The van der Waals surface area contributed by atoms with Gasteiger partial charge >= 0.3 is 5.97 Å². The smallest absolute Gasteiger partial charge is 0.331 e. The van der Waals surface area contributed by atoms with Gasteiger partial charge in [0.1, 0.15) is 0 Å². The summed E-state index contributed by atoms with van der Waals surface area (Å²) in [6.45, 7) is 6.80. The van der Waals surface area contributed by atoms with E-state index >= 15 is 0 Å². The van der Waals surface area contributed by atoms with Crippen molar-refractivity contribution >= 4 is 17.7 Å². The summed E-state index contributed by atoms with van der Waals surface area (Å²) in [7, 11) is 0. The van der Waals surface area contributed by atoms with Crippen molar-refractivity contribution in [2.24, 2.45) is 0 Å². The fourth-order valence-corrected chi connectivity index (χ4v) is 2.08. The molecule has 0 saturated carbocycles. The lowest BCUT2D eigenvalue weighted by molar-refractivity contribution is -0.132. The fourth-order valence-electron chi connectivity index (χ4n) is 1.27. The molecule has 1 unspecified atom stereocenters. The number of hydrogen-bond acceptors (Lipinski definition) is 3. The van der Waals surface area contributed by atoms with Gasteiger partial charge in [-0.15, -0.1) is 0 Å². The summed E-state index contributed by atoms with van der Waals surface area (Å²) in [4.78, 5) is 10.7. The summed E-state index contributed by atoms with van der Waals surface area (Å²) in [5.41, 5.74) is 0.489. The summed E-state index contributed by atoms with van der Waals surface area (Å²) in [6, 6.07) is 0.446. The van der Waals surface area contributed by atoms with Crippen LogP contribution in [0.1, 0.15) is 33.6 Å². The van der Waals surface area contributed by atoms with Crippen molar-refractivity contribution in [1.82, 2.24) is 5.32 Å². The van der Waals surface area contributed by atoms with Gasteiger partial charge in [-0.3, -0.25) is 0 Å². The van der Waals surface area contributed by atoms with Crippen molar-refractivity contribution < 1.29 is 9.90 Å². The Kier molecular flexibility index (Phi) is 9.43. The minimum Gasteiger partial charge on any atom is -0.478 e. The third-order valence-corrected chi connectivity index (χ3v) is 3.30. The molecule has 0 fully saturated rings. The fraction of sp³-hybridized carbons (Fsp3) is 0.750. The predicted octanol–water partition coefficient (Wildman–Crippen LogP) is 2.53. The van der Waals surface area contributed by atoms with Gasteiger partial charge in [-0.25, -0.2) is 4.79 Å². The van der Waals surface area contributed by atoms with Gasteiger partial charge in [0.25, 0.3) is 0 Å². The first-order valence-electron chi connectivity index (χ1n) is 5.85. The molecule has 0 aromatic carbocycles. The monoisotopic (exact) mass is 245 g/mol. The van der Waals surface area contributed by atoms with Crippen molar-refractivity contribution in [3.05, 3.63) is 11.6 Å². The number of carboxylic acid groups (broad SMARTS) is 1. The van der Waals surface area contributed by atoms with E-state index in [1.165, 1.54) is 0 Å². The summed E-state index contributed by atoms with van der Waals surface area (Å²) in [5.74, 6) is 1.51. The van der Waals surface area contributed by atoms with Gasteiger partial charge < -0.3 is 10.4 Å². The molecule has 0 spiro atoms. The number of aliphatic carboxylic acids is 1. The van der Waals surface area contributed by atoms with E-state index in [0.717, 1.165) is 17.9 Å². The van der Waals surface area contributed by atoms with E-state index in [2.05, 4.69) is 19.2 Å². The van der Waals surface area contributed by atoms with Gasteiger partial charge in [-0.2, -0.15) is 11.8 Å². The van der Waals surface area contributed by atoms with Crippen LogP contribution < -0.4 is 5.32 Å². The molecular formula is C12H23NO2S. The zero-order valence-corrected chi connectivity index (χ0v) is 11.3. The second kappa shape index (κ2) is 9.73. The van der Waals surface area contributed by atoms with Crippen LogP contribution in [0.5, 0.6) is 0 Å². The van der Waals surface area contributed by atoms with Gasteiger partial charge in [-0.05, 0) is 31.3 Å². The molecule has 4 heteroatoms. The first kappa shape index (κ1) is 15.5. The molecule has 0 aliphatic rings. The van der Waals surface area contributed by atoms with E-state index in [0.29, 0.717) is 24.6 Å². The highest BCUT2D eigenvalue weighted by Crippen LogP contribution is 2.04. The molecule has 0 aromatic heterocycles. The number of rotatable bonds is 9. The first-order valence-corrected chi connectivity index (χ1v) is 7.00. The minimum absolute atomic E-state index is 0.446. The largest absolute Gasteiger partial charge is 0.478 e. The van der Waals surface area contributed by atoms with E-state index in [4.69, 9.17) is 5.11 Å². The maximum absolute atomic E-state index is 10.7. The molecule has 1 atom stereocenters. The summed E-state index contributed by atoms with van der Waals surface area (Å²) >= 11 is 1.94. The van der Waals surface area contributed by atoms with Crippen molar-refractivity contribution in [3.8, 4) is 0 Å². The SMILES string of the molecule is CCSCCC(C)NC/C=C(/CC)C(=O)O. The average molecular weight is 245 g/mol. The Hall–Kier alpha value is -0.480. The van der Waals surface area contributed by atoms with E-state index in [-0.39, 0.29) is 0 Å². The van der Waals surface area contributed by atoms with E-state index in [9.17, 15) is 4.79 Å². The molecule has 0 radical (unpaired) electrons. The van der Waals surface area contributed by atoms with Gasteiger partial charge in [0.05, 0.1) is 0 Å². The zero-order chi connectivity index (χ0) is 12.4. The molecule has 16 heavy (non-hydrogen) atoms. The molecule has 0 saturated heterocycles. The third kappa shape index (κ3) is 7.77. The molecule has 0 aromatic rings. The van der Waals surface area contributed by atoms with Crippen molar-refractivity contribution in [2.75, 3.05) is 18.1 Å². The van der Waals surface area contributed by atoms with Gasteiger partial charge in [0, 0.05) is 18.2 Å². The number of nitrogens with one attached hydrogen (secondary N) is 1. The summed E-state index contributed by atoms with van der Waals surface area (Å²) in [6.07, 6.45) is 3.48. The second-order valence-corrected chi connectivity index (χ2v) is 5.08. The molecule has 0 aliphatic carbocycles. The third-order valence-electron chi connectivity index (χ3n) is 2.37. The second-order valence-electron chi connectivity index (χ2n) is 3.68. The van der Waals surface area contributed by atoms with Crippen LogP contribution >= 0.6 is 11.8 Å². The number of carboxylic acids is 1. The maximum atomic E-state index is 10.7. The number of thioether (sulfide) groups is 1. The molecule has 0 heterocycles. The molecule has 0 rings (SSSR count). The zero-order valence-electron chi connectivity index (χ0n) is 10.5. The summed E-state index contributed by atoms with van der Waals surface area (Å²) < 4.78 is 0. The highest BCUT2D eigenvalue weighted by Gasteiger charge is 2.04. The van der Waals surface area contributed by atoms with E-state index in [1.807, 2.05) is 18.7 Å². The lowest BCUT2D eigenvalue weighted by Crippen LogP contribution is -2.27. The van der Waals surface area contributed by atoms with Crippen LogP contribution in [-0.4, -0.2) is 35.2 Å². The van der Waals surface area contributed by atoms with Crippen LogP contribution in [0.25, 0.3) is 0 Å².